The van der Waals surface area contributed by atoms with Gasteiger partial charge in [0.15, 0.2) is 58.7 Å². The molecule has 6 fully saturated rings. The Morgan fingerprint density at radius 2 is 0.562 bits per heavy atom. The fourth-order valence-electron chi connectivity index (χ4n) is 19.4. The summed E-state index contributed by atoms with van der Waals surface area (Å²) in [6, 6.07) is 142. The van der Waals surface area contributed by atoms with Crippen molar-refractivity contribution in [1.82, 2.24) is 19.6 Å². The van der Waals surface area contributed by atoms with Gasteiger partial charge in [-0.15, -0.1) is 0 Å². The van der Waals surface area contributed by atoms with Gasteiger partial charge in [-0.2, -0.15) is 9.59 Å². The van der Waals surface area contributed by atoms with Crippen molar-refractivity contribution in [2.45, 2.75) is 250 Å². The largest absolute Gasteiger partial charge is 0.497 e. The van der Waals surface area contributed by atoms with Crippen LogP contribution in [0.2, 0.25) is 0 Å². The normalized spacial score (nSPS) is 15.5. The van der Waals surface area contributed by atoms with E-state index in [1.807, 2.05) is 83.4 Å². The molecule has 0 spiro atoms. The number of hydrogen-bond donors (Lipinski definition) is 1. The molecule has 764 valence electrons. The first-order valence-corrected chi connectivity index (χ1v) is 57.7. The average molecular weight is 2030 g/mol. The number of likely N-dealkylation sites (tertiary alicyclic amines) is 4. The Morgan fingerprint density at radius 3 is 0.808 bits per heavy atom. The highest BCUT2D eigenvalue weighted by atomic mass is 32.2. The van der Waals surface area contributed by atoms with Crippen LogP contribution in [0.1, 0.15) is 177 Å². The van der Waals surface area contributed by atoms with E-state index in [0.717, 1.165) is 41.0 Å². The first-order chi connectivity index (χ1) is 71.3. The molecule has 4 heterocycles. The number of esters is 1. The summed E-state index contributed by atoms with van der Waals surface area (Å²) in [5.41, 5.74) is 11.9. The average Bonchev–Trinajstić information content (AvgIpc) is 0.960. The van der Waals surface area contributed by atoms with Gasteiger partial charge in [-0.1, -0.05) is 263 Å². The molecule has 14 aromatic rings. The first-order valence-electron chi connectivity index (χ1n) is 52.8. The lowest BCUT2D eigenvalue weighted by atomic mass is 9.84. The highest BCUT2D eigenvalue weighted by Gasteiger charge is 2.35. The van der Waals surface area contributed by atoms with Gasteiger partial charge in [0, 0.05) is 31.9 Å². The summed E-state index contributed by atoms with van der Waals surface area (Å²) < 4.78 is 15.3. The van der Waals surface area contributed by atoms with Gasteiger partial charge in [0.05, 0.1) is 57.8 Å². The zero-order valence-corrected chi connectivity index (χ0v) is 91.4. The number of piperidine rings is 3. The second-order valence-corrected chi connectivity index (χ2v) is 47.5. The smallest absolute Gasteiger partial charge is 0.373 e. The minimum atomic E-state index is -0.641. The number of carbonyl (C=O) groups excluding carboxylic acids is 3. The maximum absolute atomic E-state index is 11.7. The standard InChI is InChI=1S/2C24H25S.C19H17S.C18H15S.C14H21NO3.C11H22N2.C10H20N2.C9H13NO.CO2/c2*1-4-10-20(11-5-1)21-16-18-24(19-17-21)25(22-12-6-2-7-13-22)23-14-8-3-9-15-23;1-16-12-14-19(15-13-16)20(17-8-4-2-5-9-17)18-10-6-3-7-11-18;1-4-10-16(11-5-1)19(17-12-6-2-7-13-17)18-14-8-3-9-15-18;1-14(2,3)18-13(16)12(15)9-10-5-7-11(17-4)8-6-10;1-12-9-5-11(6-10-12)13-7-3-2-4-8-13;1-11-8-4-10(5-9-11)12-6-2-3-7-12;1-10(2)8-4-6-9(11-3)7-5-8;2-1-3/h2*2-3,6-9,12-20H,1,4-5,10-11H2;2-15H,1H3;1-15H;5-8,12H,9,15H2,1-4H3;11H,2-10H2,1H3;10H,2-9H2,1H3;4-7H,1-3H3;/q4*+1;;;;;. The molecule has 0 bridgehead atoms. The fourth-order valence-corrected chi connectivity index (χ4v) is 27.8. The van der Waals surface area contributed by atoms with E-state index in [2.05, 4.69) is 391 Å². The summed E-state index contributed by atoms with van der Waals surface area (Å²) in [5, 5.41) is 0. The molecule has 2 aliphatic carbocycles. The Balaban J connectivity index is 0.000000150. The van der Waals surface area contributed by atoms with Crippen LogP contribution in [0.25, 0.3) is 0 Å². The van der Waals surface area contributed by atoms with Gasteiger partial charge in [0.2, 0.25) is 0 Å². The molecule has 16 heteroatoms. The Hall–Kier alpha value is -11.5. The third-order valence-electron chi connectivity index (χ3n) is 27.3. The molecule has 2 N–H and O–H groups in total. The number of anilines is 1. The van der Waals surface area contributed by atoms with E-state index in [0.29, 0.717) is 6.42 Å². The van der Waals surface area contributed by atoms with Crippen LogP contribution in [0.15, 0.2) is 453 Å². The summed E-state index contributed by atoms with van der Waals surface area (Å²) in [7, 11) is 11.7. The zero-order valence-electron chi connectivity index (χ0n) is 88.1. The van der Waals surface area contributed by atoms with Crippen molar-refractivity contribution in [3.8, 4) is 11.5 Å². The number of aryl methyl sites for hydroxylation is 1. The number of ether oxygens (including phenoxy) is 3. The Morgan fingerprint density at radius 1 is 0.329 bits per heavy atom. The SMILES string of the molecule is CN1CCC(N2CCCC2)CC1.CN1CCC(N2CCCCC2)CC1.COc1ccc(CC(N)C(=O)OC(C)(C)C)cc1.COc1ccc(N(C)C)cc1.Cc1ccc([S+](c2ccccc2)c2ccccc2)cc1.O=C=O.c1ccc([S+](c2ccccc2)c2ccc(C3CCCCC3)cc2)cc1.c1ccc([S+](c2ccccc2)c2ccc(C3CCCCC3)cc2)cc1.c1ccc([S+](c2ccccc2)c2ccccc2)cc1. The quantitative estimate of drug-likeness (QED) is 0.0514. The topological polar surface area (TPSA) is 121 Å². The predicted octanol–water partition coefficient (Wildman–Crippen LogP) is 29.4. The van der Waals surface area contributed by atoms with Crippen LogP contribution < -0.4 is 20.1 Å². The van der Waals surface area contributed by atoms with Crippen LogP contribution in [0.5, 0.6) is 11.5 Å². The van der Waals surface area contributed by atoms with Crippen molar-refractivity contribution in [3.05, 3.63) is 417 Å². The van der Waals surface area contributed by atoms with E-state index in [9.17, 15) is 4.79 Å². The summed E-state index contributed by atoms with van der Waals surface area (Å²) >= 11 is 0. The third-order valence-corrected chi connectivity index (χ3v) is 36.2. The Labute approximate surface area is 886 Å². The van der Waals surface area contributed by atoms with Crippen molar-refractivity contribution in [1.29, 1.82) is 0 Å². The van der Waals surface area contributed by atoms with Crippen molar-refractivity contribution in [2.75, 3.05) is 99.7 Å². The second-order valence-electron chi connectivity index (χ2n) is 39.4. The van der Waals surface area contributed by atoms with E-state index < -0.39 is 11.6 Å². The monoisotopic (exact) mass is 2030 g/mol. The van der Waals surface area contributed by atoms with E-state index in [4.69, 9.17) is 29.5 Å². The van der Waals surface area contributed by atoms with E-state index in [1.165, 1.54) is 255 Å². The lowest BCUT2D eigenvalue weighted by Crippen LogP contribution is -2.45. The fraction of sp³-hybridized carbons (Fsp3) is 0.338. The molecule has 14 aromatic carbocycles. The molecule has 0 radical (unpaired) electrons. The number of hydrogen-bond acceptors (Lipinski definition) is 12. The van der Waals surface area contributed by atoms with Gasteiger partial charge in [0.25, 0.3) is 0 Å². The first kappa shape index (κ1) is 113. The van der Waals surface area contributed by atoms with Crippen LogP contribution in [0.4, 0.5) is 5.69 Å². The van der Waals surface area contributed by atoms with E-state index in [-0.39, 0.29) is 55.7 Å². The molecule has 1 unspecified atom stereocenters. The van der Waals surface area contributed by atoms with E-state index in [1.54, 1.807) is 14.2 Å². The molecule has 4 saturated heterocycles. The van der Waals surface area contributed by atoms with Gasteiger partial charge < -0.3 is 44.4 Å². The molecule has 20 rings (SSSR count). The molecule has 6 aliphatic rings. The molecule has 4 aliphatic heterocycles. The van der Waals surface area contributed by atoms with Crippen LogP contribution in [0.3, 0.4) is 0 Å². The molecule has 12 nitrogen and oxygen atoms in total. The number of methoxy groups -OCH3 is 2. The van der Waals surface area contributed by atoms with Gasteiger partial charge in [-0.3, -0.25) is 4.79 Å². The Kier molecular flexibility index (Phi) is 48.6. The van der Waals surface area contributed by atoms with Crippen molar-refractivity contribution < 1.29 is 28.6 Å². The summed E-state index contributed by atoms with van der Waals surface area (Å²) in [5.74, 6) is 2.86. The zero-order chi connectivity index (χ0) is 103. The van der Waals surface area contributed by atoms with Gasteiger partial charge >= 0.3 is 12.1 Å². The molecule has 0 amide bonds. The van der Waals surface area contributed by atoms with Gasteiger partial charge in [-0.25, -0.2) is 0 Å². The molecule has 146 heavy (non-hydrogen) atoms. The second kappa shape index (κ2) is 62.6. The minimum absolute atomic E-state index is 0.0146. The lowest BCUT2D eigenvalue weighted by molar-refractivity contribution is -0.191. The predicted molar refractivity (Wildman–Crippen MR) is 612 cm³/mol. The van der Waals surface area contributed by atoms with Gasteiger partial charge in [-0.05, 0) is 388 Å². The van der Waals surface area contributed by atoms with Crippen molar-refractivity contribution in [3.63, 3.8) is 0 Å². The summed E-state index contributed by atoms with van der Waals surface area (Å²) in [6.07, 6.45) is 27.4. The minimum Gasteiger partial charge on any atom is -0.497 e. The number of nitrogens with zero attached hydrogens (tertiary/aromatic N) is 5. The Bertz CT molecular complexity index is 5540. The summed E-state index contributed by atoms with van der Waals surface area (Å²) in [4.78, 5) is 56.9. The van der Waals surface area contributed by atoms with Crippen molar-refractivity contribution >= 4 is 61.4 Å². The third kappa shape index (κ3) is 37.7. The number of carbonyl (C=O) groups is 1. The van der Waals surface area contributed by atoms with Crippen LogP contribution in [-0.2, 0) is 69.1 Å². The highest BCUT2D eigenvalue weighted by molar-refractivity contribution is 7.98. The molecular formula is C130H158N6O6S4+4. The highest BCUT2D eigenvalue weighted by Crippen LogP contribution is 2.40. The number of benzene rings is 14. The lowest BCUT2D eigenvalue weighted by Gasteiger charge is -2.39. The van der Waals surface area contributed by atoms with Crippen LogP contribution in [-0.4, -0.2) is 150 Å². The summed E-state index contributed by atoms with van der Waals surface area (Å²) in [6.45, 7) is 18.3. The molecule has 0 aromatic heterocycles. The van der Waals surface area contributed by atoms with Crippen molar-refractivity contribution in [2.24, 2.45) is 5.73 Å². The van der Waals surface area contributed by atoms with Crippen LogP contribution in [0, 0.1) is 6.92 Å². The van der Waals surface area contributed by atoms with Crippen LogP contribution >= 0.6 is 0 Å². The number of nitrogens with two attached hydrogens (primary N) is 1. The van der Waals surface area contributed by atoms with Gasteiger partial charge in [0.1, 0.15) is 23.1 Å². The molecular weight excluding hydrogens is 1870 g/mol. The van der Waals surface area contributed by atoms with E-state index >= 15 is 0 Å². The number of rotatable bonds is 22. The molecule has 1 atom stereocenters. The molecule has 2 saturated carbocycles. The maximum Gasteiger partial charge on any atom is 0.373 e. The maximum atomic E-state index is 11.7.